The van der Waals surface area contributed by atoms with Crippen molar-refractivity contribution in [2.45, 2.75) is 38.8 Å². The largest absolute Gasteiger partial charge is 0.494 e. The van der Waals surface area contributed by atoms with Gasteiger partial charge in [-0.2, -0.15) is 0 Å². The van der Waals surface area contributed by atoms with Crippen molar-refractivity contribution in [1.82, 2.24) is 5.32 Å². The molecule has 2 heterocycles. The molecule has 0 radical (unpaired) electrons. The molecule has 2 amide bonds. The van der Waals surface area contributed by atoms with Crippen LogP contribution in [-0.2, 0) is 16.1 Å². The van der Waals surface area contributed by atoms with E-state index in [1.165, 1.54) is 4.90 Å². The molecule has 0 aromatic heterocycles. The lowest BCUT2D eigenvalue weighted by molar-refractivity contribution is -0.121. The molecule has 2 aromatic rings. The Morgan fingerprint density at radius 1 is 1.10 bits per heavy atom. The molecular weight excluding hydrogens is 372 g/mol. The molecule has 7 heteroatoms. The van der Waals surface area contributed by atoms with E-state index in [1.54, 1.807) is 24.3 Å². The minimum atomic E-state index is -0.548. The van der Waals surface area contributed by atoms with Gasteiger partial charge in [-0.1, -0.05) is 19.4 Å². The van der Waals surface area contributed by atoms with Gasteiger partial charge in [-0.05, 0) is 48.4 Å². The molecule has 1 atom stereocenters. The first-order valence-corrected chi connectivity index (χ1v) is 9.87. The van der Waals surface area contributed by atoms with Crippen molar-refractivity contribution in [3.63, 3.8) is 0 Å². The molecule has 2 aromatic carbocycles. The van der Waals surface area contributed by atoms with Gasteiger partial charge in [-0.25, -0.2) is 4.90 Å². The third kappa shape index (κ3) is 4.19. The van der Waals surface area contributed by atoms with Crippen LogP contribution in [0.5, 0.6) is 17.2 Å². The van der Waals surface area contributed by atoms with E-state index in [9.17, 15) is 9.59 Å². The fourth-order valence-electron chi connectivity index (χ4n) is 3.38. The number of anilines is 1. The summed E-state index contributed by atoms with van der Waals surface area (Å²) < 4.78 is 16.3. The molecule has 152 valence electrons. The summed E-state index contributed by atoms with van der Waals surface area (Å²) in [5.41, 5.74) is 1.52. The first-order chi connectivity index (χ1) is 14.2. The van der Waals surface area contributed by atoms with Crippen molar-refractivity contribution < 1.29 is 23.8 Å². The molecule has 1 fully saturated rings. The Morgan fingerprint density at radius 3 is 2.69 bits per heavy atom. The second kappa shape index (κ2) is 8.53. The maximum absolute atomic E-state index is 12.8. The van der Waals surface area contributed by atoms with Crippen molar-refractivity contribution in [1.29, 1.82) is 0 Å². The summed E-state index contributed by atoms with van der Waals surface area (Å²) in [5.74, 6) is 1.70. The number of hydrogen-bond acceptors (Lipinski definition) is 6. The van der Waals surface area contributed by atoms with E-state index >= 15 is 0 Å². The second-order valence-electron chi connectivity index (χ2n) is 7.09. The molecule has 0 bridgehead atoms. The molecule has 2 aliphatic rings. The van der Waals surface area contributed by atoms with Gasteiger partial charge >= 0.3 is 0 Å². The Bertz CT molecular complexity index is 897. The number of unbranched alkanes of at least 4 members (excludes halogenated alkanes) is 1. The number of ether oxygens (including phenoxy) is 3. The van der Waals surface area contributed by atoms with Gasteiger partial charge in [0, 0.05) is 6.54 Å². The van der Waals surface area contributed by atoms with Crippen molar-refractivity contribution in [3.8, 4) is 17.2 Å². The summed E-state index contributed by atoms with van der Waals surface area (Å²) in [6.45, 7) is 3.44. The van der Waals surface area contributed by atoms with Crippen molar-refractivity contribution in [3.05, 3.63) is 48.0 Å². The molecule has 0 unspecified atom stereocenters. The van der Waals surface area contributed by atoms with Crippen LogP contribution in [-0.4, -0.2) is 31.3 Å². The number of carbonyl (C=O) groups excluding carboxylic acids is 2. The fraction of sp³-hybridized carbons (Fsp3) is 0.364. The van der Waals surface area contributed by atoms with E-state index in [4.69, 9.17) is 14.2 Å². The zero-order valence-electron chi connectivity index (χ0n) is 16.3. The topological polar surface area (TPSA) is 77.1 Å². The molecule has 2 aliphatic heterocycles. The van der Waals surface area contributed by atoms with Crippen LogP contribution >= 0.6 is 0 Å². The van der Waals surface area contributed by atoms with E-state index in [0.717, 1.165) is 24.2 Å². The molecule has 0 spiro atoms. The molecule has 1 saturated heterocycles. The summed E-state index contributed by atoms with van der Waals surface area (Å²) >= 11 is 0. The van der Waals surface area contributed by atoms with Crippen LogP contribution in [0.2, 0.25) is 0 Å². The lowest BCUT2D eigenvalue weighted by Gasteiger charge is -2.16. The van der Waals surface area contributed by atoms with Gasteiger partial charge in [0.1, 0.15) is 5.75 Å². The number of carbonyl (C=O) groups is 2. The SMILES string of the molecule is CCCCOc1ccc(N2C(=O)C[C@H](NCc3ccc4c(c3)OCO4)C2=O)cc1. The second-order valence-corrected chi connectivity index (χ2v) is 7.09. The van der Waals surface area contributed by atoms with Crippen molar-refractivity contribution in [2.75, 3.05) is 18.3 Å². The predicted molar refractivity (Wildman–Crippen MR) is 107 cm³/mol. The van der Waals surface area contributed by atoms with Gasteiger partial charge in [-0.15, -0.1) is 0 Å². The van der Waals surface area contributed by atoms with Crippen molar-refractivity contribution in [2.24, 2.45) is 0 Å². The monoisotopic (exact) mass is 396 g/mol. The van der Waals surface area contributed by atoms with Gasteiger partial charge < -0.3 is 19.5 Å². The van der Waals surface area contributed by atoms with Crippen molar-refractivity contribution >= 4 is 17.5 Å². The van der Waals surface area contributed by atoms with Gasteiger partial charge in [-0.3, -0.25) is 9.59 Å². The number of amides is 2. The summed E-state index contributed by atoms with van der Waals surface area (Å²) in [6, 6.07) is 12.2. The first kappa shape index (κ1) is 19.3. The van der Waals surface area contributed by atoms with Gasteiger partial charge in [0.05, 0.1) is 24.8 Å². The molecule has 4 rings (SSSR count). The highest BCUT2D eigenvalue weighted by Crippen LogP contribution is 2.32. The van der Waals surface area contributed by atoms with Crippen LogP contribution in [0.1, 0.15) is 31.7 Å². The Hall–Kier alpha value is -3.06. The smallest absolute Gasteiger partial charge is 0.251 e. The van der Waals surface area contributed by atoms with Crippen LogP contribution in [0, 0.1) is 0 Å². The maximum Gasteiger partial charge on any atom is 0.251 e. The van der Waals surface area contributed by atoms with Gasteiger partial charge in [0.15, 0.2) is 11.5 Å². The van der Waals surface area contributed by atoms with Gasteiger partial charge in [0.2, 0.25) is 12.7 Å². The lowest BCUT2D eigenvalue weighted by Crippen LogP contribution is -2.38. The molecule has 0 saturated carbocycles. The highest BCUT2D eigenvalue weighted by Gasteiger charge is 2.39. The Kier molecular flexibility index (Phi) is 5.67. The summed E-state index contributed by atoms with van der Waals surface area (Å²) in [7, 11) is 0. The van der Waals surface area contributed by atoms with E-state index in [1.807, 2.05) is 18.2 Å². The zero-order valence-corrected chi connectivity index (χ0v) is 16.3. The molecule has 29 heavy (non-hydrogen) atoms. The van der Waals surface area contributed by atoms with Crippen LogP contribution in [0.3, 0.4) is 0 Å². The van der Waals surface area contributed by atoms with Crippen LogP contribution < -0.4 is 24.4 Å². The van der Waals surface area contributed by atoms with Crippen LogP contribution in [0.4, 0.5) is 5.69 Å². The minimum Gasteiger partial charge on any atom is -0.494 e. The lowest BCUT2D eigenvalue weighted by atomic mass is 10.1. The summed E-state index contributed by atoms with van der Waals surface area (Å²) in [4.78, 5) is 26.5. The third-order valence-corrected chi connectivity index (χ3v) is 5.00. The Morgan fingerprint density at radius 2 is 1.90 bits per heavy atom. The van der Waals surface area contributed by atoms with Gasteiger partial charge in [0.25, 0.3) is 5.91 Å². The highest BCUT2D eigenvalue weighted by atomic mass is 16.7. The van der Waals surface area contributed by atoms with E-state index in [2.05, 4.69) is 12.2 Å². The summed E-state index contributed by atoms with van der Waals surface area (Å²) in [6.07, 6.45) is 2.19. The fourth-order valence-corrected chi connectivity index (χ4v) is 3.38. The Balaban J connectivity index is 1.37. The zero-order chi connectivity index (χ0) is 20.2. The Labute approximate surface area is 169 Å². The molecule has 1 N–H and O–H groups in total. The number of nitrogens with one attached hydrogen (secondary N) is 1. The number of benzene rings is 2. The summed E-state index contributed by atoms with van der Waals surface area (Å²) in [5, 5.41) is 3.18. The molecule has 7 nitrogen and oxygen atoms in total. The van der Waals surface area contributed by atoms with E-state index in [-0.39, 0.29) is 25.0 Å². The quantitative estimate of drug-likeness (QED) is 0.546. The average molecular weight is 396 g/mol. The predicted octanol–water partition coefficient (Wildman–Crippen LogP) is 3.02. The van der Waals surface area contributed by atoms with Crippen LogP contribution in [0.15, 0.2) is 42.5 Å². The van der Waals surface area contributed by atoms with E-state index in [0.29, 0.717) is 30.3 Å². The average Bonchev–Trinajstić information content (AvgIpc) is 3.31. The molecular formula is C22H24N2O5. The standard InChI is InChI=1S/C22H24N2O5/c1-2-3-10-27-17-7-5-16(6-8-17)24-21(25)12-18(22(24)26)23-13-15-4-9-19-20(11-15)29-14-28-19/h4-9,11,18,23H,2-3,10,12-14H2,1H3/t18-/m0/s1. The highest BCUT2D eigenvalue weighted by molar-refractivity contribution is 6.22. The maximum atomic E-state index is 12.8. The number of fused-ring (bicyclic) bond motifs is 1. The first-order valence-electron chi connectivity index (χ1n) is 9.87. The number of hydrogen-bond donors (Lipinski definition) is 1. The third-order valence-electron chi connectivity index (χ3n) is 5.00. The minimum absolute atomic E-state index is 0.137. The number of imide groups is 1. The number of nitrogens with zero attached hydrogens (tertiary/aromatic N) is 1. The molecule has 0 aliphatic carbocycles. The number of rotatable bonds is 8. The van der Waals surface area contributed by atoms with Crippen LogP contribution in [0.25, 0.3) is 0 Å². The normalized spacial score (nSPS) is 17.8. The van der Waals surface area contributed by atoms with E-state index < -0.39 is 6.04 Å².